The van der Waals surface area contributed by atoms with Crippen molar-refractivity contribution in [3.63, 3.8) is 0 Å². The van der Waals surface area contributed by atoms with Gasteiger partial charge in [0, 0.05) is 17.2 Å². The molecular weight excluding hydrogens is 265 g/mol. The Bertz CT molecular complexity index is 458. The van der Waals surface area contributed by atoms with Gasteiger partial charge in [0.05, 0.1) is 4.92 Å². The van der Waals surface area contributed by atoms with Gasteiger partial charge in [-0.3, -0.25) is 14.9 Å². The average molecular weight is 276 g/mol. The Morgan fingerprint density at radius 3 is 2.35 bits per heavy atom. The fraction of sp³-hybridized carbons (Fsp3) is 0.364. The maximum atomic E-state index is 11.5. The molecule has 1 rings (SSSR count). The number of nitro groups is 1. The molecule has 1 aromatic carbocycles. The lowest BCUT2D eigenvalue weighted by molar-refractivity contribution is -0.385. The van der Waals surface area contributed by atoms with Gasteiger partial charge in [-0.15, -0.1) is 0 Å². The van der Waals surface area contributed by atoms with Crippen LogP contribution in [0.5, 0.6) is 0 Å². The summed E-state index contributed by atoms with van der Waals surface area (Å²) in [5.74, 6) is -0.533. The molecule has 0 bridgehead atoms. The zero-order chi connectivity index (χ0) is 13.2. The van der Waals surface area contributed by atoms with E-state index in [1.807, 2.05) is 13.8 Å². The van der Waals surface area contributed by atoms with E-state index >= 15 is 0 Å². The van der Waals surface area contributed by atoms with Crippen LogP contribution in [0.25, 0.3) is 0 Å². The Morgan fingerprint density at radius 2 is 1.94 bits per heavy atom. The highest BCUT2D eigenvalue weighted by Crippen LogP contribution is 2.28. The first-order valence-corrected chi connectivity index (χ1v) is 5.82. The van der Waals surface area contributed by atoms with Crippen LogP contribution in [0.3, 0.4) is 0 Å². The third-order valence-electron chi connectivity index (χ3n) is 2.33. The zero-order valence-corrected chi connectivity index (χ0v) is 10.8. The summed E-state index contributed by atoms with van der Waals surface area (Å²) in [4.78, 5) is 20.7. The molecule has 0 saturated carbocycles. The van der Waals surface area contributed by atoms with Gasteiger partial charge in [-0.1, -0.05) is 49.2 Å². The van der Waals surface area contributed by atoms with Crippen LogP contribution >= 0.6 is 23.2 Å². The van der Waals surface area contributed by atoms with Gasteiger partial charge in [-0.2, -0.15) is 0 Å². The molecule has 0 aliphatic heterocycles. The number of halogens is 2. The minimum atomic E-state index is -1.21. The van der Waals surface area contributed by atoms with Crippen LogP contribution in [0, 0.1) is 10.1 Å². The third-order valence-corrected chi connectivity index (χ3v) is 2.73. The van der Waals surface area contributed by atoms with Crippen molar-refractivity contribution in [2.75, 3.05) is 0 Å². The number of hydrogen-bond donors (Lipinski definition) is 0. The molecule has 0 spiro atoms. The summed E-state index contributed by atoms with van der Waals surface area (Å²) in [6.45, 7) is 3.69. The smallest absolute Gasteiger partial charge is 0.273 e. The second-order valence-corrected chi connectivity index (χ2v) is 4.95. The third kappa shape index (κ3) is 3.17. The molecule has 0 heterocycles. The van der Waals surface area contributed by atoms with Gasteiger partial charge in [0.1, 0.15) is 0 Å². The number of carbonyl (C=O) groups is 1. The summed E-state index contributed by atoms with van der Waals surface area (Å²) in [5, 5.41) is 10.9. The SMILES string of the molecule is CC(C)c1ccc(C(=O)C(Cl)Cl)cc1[N+](=O)[O-]. The van der Waals surface area contributed by atoms with Crippen molar-refractivity contribution < 1.29 is 9.72 Å². The number of benzene rings is 1. The summed E-state index contributed by atoms with van der Waals surface area (Å²) >= 11 is 10.9. The van der Waals surface area contributed by atoms with Crippen LogP contribution in [0.2, 0.25) is 0 Å². The van der Waals surface area contributed by atoms with Crippen LogP contribution < -0.4 is 0 Å². The topological polar surface area (TPSA) is 60.2 Å². The van der Waals surface area contributed by atoms with Gasteiger partial charge in [0.25, 0.3) is 5.69 Å². The van der Waals surface area contributed by atoms with Gasteiger partial charge in [0.2, 0.25) is 0 Å². The predicted molar refractivity (Wildman–Crippen MR) is 67.0 cm³/mol. The molecule has 0 aromatic heterocycles. The Morgan fingerprint density at radius 1 is 1.35 bits per heavy atom. The first kappa shape index (κ1) is 13.9. The summed E-state index contributed by atoms with van der Waals surface area (Å²) < 4.78 is 0. The predicted octanol–water partition coefficient (Wildman–Crippen LogP) is 3.70. The highest BCUT2D eigenvalue weighted by molar-refractivity contribution is 6.55. The first-order chi connectivity index (χ1) is 7.84. The number of carbonyl (C=O) groups excluding carboxylic acids is 1. The minimum Gasteiger partial charge on any atom is -0.291 e. The fourth-order valence-corrected chi connectivity index (χ4v) is 1.72. The normalized spacial score (nSPS) is 10.9. The number of rotatable bonds is 4. The maximum Gasteiger partial charge on any atom is 0.273 e. The molecule has 17 heavy (non-hydrogen) atoms. The van der Waals surface area contributed by atoms with Crippen LogP contribution in [0.4, 0.5) is 5.69 Å². The molecule has 0 N–H and O–H groups in total. The molecule has 4 nitrogen and oxygen atoms in total. The lowest BCUT2D eigenvalue weighted by Gasteiger charge is -2.08. The zero-order valence-electron chi connectivity index (χ0n) is 9.31. The highest BCUT2D eigenvalue weighted by atomic mass is 35.5. The molecule has 0 saturated heterocycles. The molecule has 1 aromatic rings. The Balaban J connectivity index is 3.28. The monoisotopic (exact) mass is 275 g/mol. The second-order valence-electron chi connectivity index (χ2n) is 3.85. The molecule has 0 aliphatic carbocycles. The van der Waals surface area contributed by atoms with E-state index in [0.717, 1.165) is 0 Å². The number of hydrogen-bond acceptors (Lipinski definition) is 3. The van der Waals surface area contributed by atoms with Crippen molar-refractivity contribution in [1.29, 1.82) is 0 Å². The average Bonchev–Trinajstić information content (AvgIpc) is 2.26. The van der Waals surface area contributed by atoms with E-state index in [4.69, 9.17) is 23.2 Å². The summed E-state index contributed by atoms with van der Waals surface area (Å²) in [6.07, 6.45) is 0. The molecule has 0 atom stereocenters. The van der Waals surface area contributed by atoms with E-state index in [0.29, 0.717) is 5.56 Å². The van der Waals surface area contributed by atoms with Crippen LogP contribution in [0.15, 0.2) is 18.2 Å². The molecule has 0 aliphatic rings. The molecule has 0 radical (unpaired) electrons. The van der Waals surface area contributed by atoms with Crippen LogP contribution in [-0.2, 0) is 0 Å². The number of Topliss-reactive ketones (excluding diaryl/α,β-unsaturated/α-hetero) is 1. The van der Waals surface area contributed by atoms with Crippen molar-refractivity contribution in [2.45, 2.75) is 24.6 Å². The Labute approximate surface area is 109 Å². The lowest BCUT2D eigenvalue weighted by atomic mass is 9.98. The van der Waals surface area contributed by atoms with Crippen molar-refractivity contribution in [2.24, 2.45) is 0 Å². The Hall–Kier alpha value is -1.13. The number of ketones is 1. The molecule has 92 valence electrons. The molecule has 0 amide bonds. The molecule has 6 heteroatoms. The van der Waals surface area contributed by atoms with E-state index in [1.54, 1.807) is 6.07 Å². The quantitative estimate of drug-likeness (QED) is 0.364. The van der Waals surface area contributed by atoms with Crippen molar-refractivity contribution >= 4 is 34.7 Å². The van der Waals surface area contributed by atoms with Crippen molar-refractivity contribution in [3.05, 3.63) is 39.4 Å². The van der Waals surface area contributed by atoms with Gasteiger partial charge in [-0.05, 0) is 5.92 Å². The highest BCUT2D eigenvalue weighted by Gasteiger charge is 2.21. The van der Waals surface area contributed by atoms with E-state index in [2.05, 4.69) is 0 Å². The van der Waals surface area contributed by atoms with Crippen molar-refractivity contribution in [1.82, 2.24) is 0 Å². The summed E-state index contributed by atoms with van der Waals surface area (Å²) in [5.41, 5.74) is 0.642. The summed E-state index contributed by atoms with van der Waals surface area (Å²) in [7, 11) is 0. The molecular formula is C11H11Cl2NO3. The largest absolute Gasteiger partial charge is 0.291 e. The fourth-order valence-electron chi connectivity index (χ4n) is 1.47. The van der Waals surface area contributed by atoms with Gasteiger partial charge in [0.15, 0.2) is 10.6 Å². The number of nitrogens with zero attached hydrogens (tertiary/aromatic N) is 1. The standard InChI is InChI=1S/C11H11Cl2NO3/c1-6(2)8-4-3-7(10(15)11(12)13)5-9(8)14(16)17/h3-6,11H,1-2H3. The van der Waals surface area contributed by atoms with Crippen LogP contribution in [-0.4, -0.2) is 15.5 Å². The second kappa shape index (κ2) is 5.47. The van der Waals surface area contributed by atoms with Crippen molar-refractivity contribution in [3.8, 4) is 0 Å². The number of nitro benzene ring substituents is 1. The molecule has 0 fully saturated rings. The van der Waals surface area contributed by atoms with E-state index in [-0.39, 0.29) is 17.2 Å². The van der Waals surface area contributed by atoms with Gasteiger partial charge in [-0.25, -0.2) is 0 Å². The van der Waals surface area contributed by atoms with Crippen LogP contribution in [0.1, 0.15) is 35.7 Å². The number of alkyl halides is 2. The van der Waals surface area contributed by atoms with E-state index < -0.39 is 15.5 Å². The lowest BCUT2D eigenvalue weighted by Crippen LogP contribution is -2.09. The first-order valence-electron chi connectivity index (χ1n) is 4.95. The minimum absolute atomic E-state index is 0.00218. The summed E-state index contributed by atoms with van der Waals surface area (Å²) in [6, 6.07) is 4.28. The Kier molecular flexibility index (Phi) is 4.48. The van der Waals surface area contributed by atoms with E-state index in [9.17, 15) is 14.9 Å². The van der Waals surface area contributed by atoms with E-state index in [1.165, 1.54) is 12.1 Å². The maximum absolute atomic E-state index is 11.5. The van der Waals surface area contributed by atoms with Gasteiger partial charge >= 0.3 is 0 Å². The molecule has 0 unspecified atom stereocenters. The van der Waals surface area contributed by atoms with Gasteiger partial charge < -0.3 is 0 Å².